The van der Waals surface area contributed by atoms with Gasteiger partial charge in [-0.3, -0.25) is 0 Å². The molecule has 16 nitrogen and oxygen atoms in total. The van der Waals surface area contributed by atoms with Crippen molar-refractivity contribution in [3.8, 4) is 0 Å². The van der Waals surface area contributed by atoms with E-state index in [2.05, 4.69) is 0 Å². The zero-order chi connectivity index (χ0) is 18.0. The second-order valence-electron chi connectivity index (χ2n) is 2.00. The van der Waals surface area contributed by atoms with E-state index in [0.717, 1.165) is 0 Å². The first-order valence-electron chi connectivity index (χ1n) is 3.27. The summed E-state index contributed by atoms with van der Waals surface area (Å²) >= 11 is 0. The molecule has 0 aromatic carbocycles. The van der Waals surface area contributed by atoms with Gasteiger partial charge in [0.15, 0.2) is 0 Å². The molecule has 0 aliphatic carbocycles. The second kappa shape index (κ2) is 54.2. The number of hydrogen-bond donors (Lipinski definition) is 0. The van der Waals surface area contributed by atoms with E-state index in [1.54, 1.807) is 0 Å². The predicted molar refractivity (Wildman–Crippen MR) is 74.8 cm³/mol. The Kier molecular flexibility index (Phi) is 169. The topological polar surface area (TPSA) is 369 Å². The molecule has 144 valence electrons. The summed E-state index contributed by atoms with van der Waals surface area (Å²) in [7, 11) is -22.4. The molecule has 0 spiro atoms. The minimum absolute atomic E-state index is 0. The molecule has 0 amide bonds. The fourth-order valence-corrected chi connectivity index (χ4v) is 0. The minimum atomic E-state index is -5.61. The number of halogens is 2. The first kappa shape index (κ1) is 96.8. The summed E-state index contributed by atoms with van der Waals surface area (Å²) in [6, 6.07) is 0. The Hall–Kier alpha value is 11.7. The molecule has 0 rings (SSSR count). The van der Waals surface area contributed by atoms with Gasteiger partial charge in [0.05, 0.1) is 0 Å². The quantitative estimate of drug-likeness (QED) is 0.206. The van der Waals surface area contributed by atoms with Crippen molar-refractivity contribution in [3.63, 3.8) is 0 Å². The molecule has 0 bridgehead atoms. The molecule has 0 aliphatic heterocycles. The van der Waals surface area contributed by atoms with Crippen LogP contribution in [0.5, 0.6) is 0 Å². The molecular weight excluding hydrogens is 784 g/mol. The van der Waals surface area contributed by atoms with E-state index in [9.17, 15) is 0 Å². The van der Waals surface area contributed by atoms with Crippen molar-refractivity contribution in [3.05, 3.63) is 0 Å². The van der Waals surface area contributed by atoms with E-state index < -0.39 is 36.2 Å². The van der Waals surface area contributed by atoms with E-state index in [1.807, 2.05) is 0 Å². The van der Waals surface area contributed by atoms with Gasteiger partial charge in [-0.1, -0.05) is 0 Å². The Labute approximate surface area is 449 Å². The van der Waals surface area contributed by atoms with Crippen LogP contribution in [0.1, 0.15) is 0 Å². The van der Waals surface area contributed by atoms with Crippen LogP contribution < -0.4 is 102 Å². The maximum atomic E-state index is 8.58. The third-order valence-corrected chi connectivity index (χ3v) is 0. The SMILES string of the molecule is [Ca+2].[Ca+2].[Ca+2].[Ca+2].[Ca+2].[Ca+2].[Ca+2].[Ca+2].[Cl-].[Cl-].[Mg+2].[O-][Si]([O-])([O-])[O-].[O-][Si]([O-])([O-])[O-].[O-][Si]([O-])([O-])[O-].[O-][Si]([O-])([O-])[O-]. The molecule has 31 heavy (non-hydrogen) atoms. The van der Waals surface area contributed by atoms with E-state index in [1.165, 1.54) is 0 Å². The summed E-state index contributed by atoms with van der Waals surface area (Å²) in [4.78, 5) is 137. The Morgan fingerprint density at radius 1 is 0.226 bits per heavy atom. The minimum Gasteiger partial charge on any atom is -1.00 e. The van der Waals surface area contributed by atoms with Crippen LogP contribution in [-0.2, 0) is 0 Å². The molecule has 0 fully saturated rings. The van der Waals surface area contributed by atoms with Crippen LogP contribution in [0.4, 0.5) is 0 Å². The van der Waals surface area contributed by atoms with Crippen LogP contribution in [0.3, 0.4) is 0 Å². The molecular formula is Ca8Cl2MgO16Si4. The third kappa shape index (κ3) is 482. The molecule has 0 aliphatic rings. The first-order valence-corrected chi connectivity index (χ1v) is 9.80. The number of rotatable bonds is 0. The Balaban J connectivity index is -0.00000000757. The normalized spacial score (nSPS) is 7.74. The summed E-state index contributed by atoms with van der Waals surface area (Å²) < 4.78 is 0. The molecule has 0 atom stereocenters. The van der Waals surface area contributed by atoms with Crippen LogP contribution in [-0.4, -0.2) is 361 Å². The smallest absolute Gasteiger partial charge is 1.00 e. The molecule has 31 heteroatoms. The fourth-order valence-electron chi connectivity index (χ4n) is 0. The standard InChI is InChI=1S/8Ca.2ClH.Mg.4O4Si/c;;;;;;;;;;;4*1-5(2,3)4/h;;;;;;;;2*1H;;;;;/q8*+2;;;+2;4*-4/p-2. The summed E-state index contributed by atoms with van der Waals surface area (Å²) in [5.74, 6) is 0. The van der Waals surface area contributed by atoms with Crippen LogP contribution in [0.15, 0.2) is 0 Å². The maximum Gasteiger partial charge on any atom is 2.00 e. The number of hydrogen-bond acceptors (Lipinski definition) is 16. The molecule has 0 radical (unpaired) electrons. The summed E-state index contributed by atoms with van der Waals surface area (Å²) in [6.07, 6.45) is 0. The Morgan fingerprint density at radius 2 is 0.226 bits per heavy atom. The van der Waals surface area contributed by atoms with E-state index in [4.69, 9.17) is 76.7 Å². The van der Waals surface area contributed by atoms with Gasteiger partial charge in [0, 0.05) is 0 Å². The van der Waals surface area contributed by atoms with Crippen LogP contribution >= 0.6 is 0 Å². The van der Waals surface area contributed by atoms with Crippen molar-refractivity contribution < 1.29 is 102 Å². The van der Waals surface area contributed by atoms with Gasteiger partial charge in [0.25, 0.3) is 0 Å². The third-order valence-electron chi connectivity index (χ3n) is 0. The van der Waals surface area contributed by atoms with Crippen molar-refractivity contribution in [2.75, 3.05) is 0 Å². The van der Waals surface area contributed by atoms with E-state index >= 15 is 0 Å². The van der Waals surface area contributed by atoms with Crippen LogP contribution in [0, 0.1) is 0 Å². The first-order chi connectivity index (χ1) is 8.00. The fraction of sp³-hybridized carbons (Fsp3) is 0. The Bertz CT molecular complexity index is 166. The average Bonchev–Trinajstić information content (AvgIpc) is 1.62. The Morgan fingerprint density at radius 3 is 0.226 bits per heavy atom. The zero-order valence-electron chi connectivity index (χ0n) is 15.7. The molecule has 0 heterocycles. The van der Waals surface area contributed by atoms with Crippen LogP contribution in [0.2, 0.25) is 0 Å². The summed E-state index contributed by atoms with van der Waals surface area (Å²) in [5, 5.41) is 0. The zero-order valence-corrected chi connectivity index (χ0v) is 40.2. The maximum absolute atomic E-state index is 8.58. The monoisotopic (exact) mass is 781 g/mol. The van der Waals surface area contributed by atoms with E-state index in [0.29, 0.717) is 0 Å². The van der Waals surface area contributed by atoms with E-state index in [-0.39, 0.29) is 350 Å². The largest absolute Gasteiger partial charge is 2.00 e. The van der Waals surface area contributed by atoms with Gasteiger partial charge in [0.1, 0.15) is 0 Å². The van der Waals surface area contributed by atoms with Gasteiger partial charge in [-0.25, -0.2) is 0 Å². The van der Waals surface area contributed by atoms with Crippen molar-refractivity contribution in [2.24, 2.45) is 0 Å². The van der Waals surface area contributed by atoms with Crippen LogP contribution in [0.25, 0.3) is 0 Å². The van der Waals surface area contributed by atoms with Crippen molar-refractivity contribution in [1.82, 2.24) is 0 Å². The summed E-state index contributed by atoms with van der Waals surface area (Å²) in [6.45, 7) is 0. The average molecular weight is 784 g/mol. The second-order valence-corrected chi connectivity index (χ2v) is 6.00. The van der Waals surface area contributed by atoms with Gasteiger partial charge in [-0.15, -0.1) is 0 Å². The molecule has 0 aromatic rings. The molecule has 0 N–H and O–H groups in total. The molecule has 0 aromatic heterocycles. The molecule has 0 saturated carbocycles. The van der Waals surface area contributed by atoms with Gasteiger partial charge in [-0.2, -0.15) is 0 Å². The van der Waals surface area contributed by atoms with Gasteiger partial charge < -0.3 is 138 Å². The predicted octanol–water partition coefficient (Wildman–Crippen LogP) is -30.0. The summed E-state index contributed by atoms with van der Waals surface area (Å²) in [5.41, 5.74) is 0. The molecule has 0 saturated heterocycles. The molecule has 0 unspecified atom stereocenters. The van der Waals surface area contributed by atoms with Gasteiger partial charge in [0.2, 0.25) is 0 Å². The van der Waals surface area contributed by atoms with Crippen molar-refractivity contribution in [2.45, 2.75) is 0 Å². The van der Waals surface area contributed by atoms with Crippen molar-refractivity contribution in [1.29, 1.82) is 0 Å². The van der Waals surface area contributed by atoms with Gasteiger partial charge in [-0.05, 0) is 0 Å². The van der Waals surface area contributed by atoms with Crippen molar-refractivity contribution >= 4 is 361 Å². The van der Waals surface area contributed by atoms with Gasteiger partial charge >= 0.3 is 325 Å².